The molecule has 0 aliphatic heterocycles. The van der Waals surface area contributed by atoms with Crippen LogP contribution in [0.5, 0.6) is 0 Å². The van der Waals surface area contributed by atoms with Crippen molar-refractivity contribution in [3.05, 3.63) is 64.2 Å². The summed E-state index contributed by atoms with van der Waals surface area (Å²) in [6, 6.07) is 13.6. The zero-order valence-corrected chi connectivity index (χ0v) is 11.7. The highest BCUT2D eigenvalue weighted by molar-refractivity contribution is 5.74. The van der Waals surface area contributed by atoms with Gasteiger partial charge in [-0.25, -0.2) is 0 Å². The first kappa shape index (κ1) is 15.7. The van der Waals surface area contributed by atoms with Crippen LogP contribution in [-0.2, 0) is 11.2 Å². The fourth-order valence-electron chi connectivity index (χ4n) is 2.26. The van der Waals surface area contributed by atoms with E-state index in [1.807, 2.05) is 6.07 Å². The van der Waals surface area contributed by atoms with Gasteiger partial charge < -0.3 is 10.2 Å². The van der Waals surface area contributed by atoms with E-state index >= 15 is 0 Å². The van der Waals surface area contributed by atoms with Crippen LogP contribution in [0.3, 0.4) is 0 Å². The van der Waals surface area contributed by atoms with E-state index in [4.69, 9.17) is 5.11 Å². The second-order valence-corrected chi connectivity index (χ2v) is 4.93. The topological polar surface area (TPSA) is 101 Å². The molecule has 2 N–H and O–H groups in total. The van der Waals surface area contributed by atoms with Gasteiger partial charge in [-0.2, -0.15) is 0 Å². The molecule has 114 valence electrons. The first-order valence-corrected chi connectivity index (χ1v) is 6.70. The highest BCUT2D eigenvalue weighted by Crippen LogP contribution is 2.31. The Labute approximate surface area is 126 Å². The molecule has 2 aromatic carbocycles. The van der Waals surface area contributed by atoms with Gasteiger partial charge in [0.1, 0.15) is 0 Å². The smallest absolute Gasteiger partial charge is 0.305 e. The highest BCUT2D eigenvalue weighted by Gasteiger charge is 2.18. The normalized spacial score (nSPS) is 11.9. The molecule has 1 unspecified atom stereocenters. The van der Waals surface area contributed by atoms with Gasteiger partial charge in [-0.05, 0) is 23.6 Å². The van der Waals surface area contributed by atoms with Crippen molar-refractivity contribution in [1.29, 1.82) is 0 Å². The van der Waals surface area contributed by atoms with Gasteiger partial charge in [-0.3, -0.25) is 14.9 Å². The van der Waals surface area contributed by atoms with Gasteiger partial charge in [0.15, 0.2) is 0 Å². The van der Waals surface area contributed by atoms with Crippen LogP contribution in [0.2, 0.25) is 0 Å². The van der Waals surface area contributed by atoms with Crippen LogP contribution in [0.15, 0.2) is 48.5 Å². The summed E-state index contributed by atoms with van der Waals surface area (Å²) in [4.78, 5) is 21.3. The Bertz CT molecular complexity index is 684. The van der Waals surface area contributed by atoms with Crippen molar-refractivity contribution in [3.8, 4) is 11.1 Å². The Hall–Kier alpha value is -2.73. The molecule has 0 amide bonds. The van der Waals surface area contributed by atoms with E-state index in [2.05, 4.69) is 0 Å². The Morgan fingerprint density at radius 1 is 1.18 bits per heavy atom. The maximum atomic E-state index is 11.3. The average Bonchev–Trinajstić information content (AvgIpc) is 2.47. The molecule has 0 saturated carbocycles. The van der Waals surface area contributed by atoms with Crippen LogP contribution >= 0.6 is 0 Å². The standard InChI is InChI=1S/C16H15NO5/c18-13(10-16(19)20)8-11-6-7-14(15(9-11)17(21)22)12-4-2-1-3-5-12/h1-7,9,13,18H,8,10H2,(H,19,20). The van der Waals surface area contributed by atoms with Crippen LogP contribution in [-0.4, -0.2) is 27.2 Å². The molecular weight excluding hydrogens is 286 g/mol. The molecule has 6 nitrogen and oxygen atoms in total. The highest BCUT2D eigenvalue weighted by atomic mass is 16.6. The van der Waals surface area contributed by atoms with Crippen LogP contribution in [0.1, 0.15) is 12.0 Å². The Kier molecular flexibility index (Phi) is 4.85. The van der Waals surface area contributed by atoms with Gasteiger partial charge in [0, 0.05) is 6.07 Å². The van der Waals surface area contributed by atoms with Crippen molar-refractivity contribution >= 4 is 11.7 Å². The number of benzene rings is 2. The zero-order chi connectivity index (χ0) is 16.1. The number of hydrogen-bond acceptors (Lipinski definition) is 4. The molecule has 22 heavy (non-hydrogen) atoms. The molecule has 2 rings (SSSR count). The molecule has 0 radical (unpaired) electrons. The molecule has 1 atom stereocenters. The molecule has 0 fully saturated rings. The monoisotopic (exact) mass is 301 g/mol. The summed E-state index contributed by atoms with van der Waals surface area (Å²) in [6.45, 7) is 0. The van der Waals surface area contributed by atoms with E-state index in [0.29, 0.717) is 11.1 Å². The zero-order valence-electron chi connectivity index (χ0n) is 11.7. The third-order valence-corrected chi connectivity index (χ3v) is 3.23. The SMILES string of the molecule is O=C(O)CC(O)Cc1ccc(-c2ccccc2)c([N+](=O)[O-])c1. The molecule has 0 aliphatic rings. The van der Waals surface area contributed by atoms with Gasteiger partial charge in [0.05, 0.1) is 23.0 Å². The number of carboxylic acid groups (broad SMARTS) is 1. The van der Waals surface area contributed by atoms with E-state index in [9.17, 15) is 20.0 Å². The fourth-order valence-corrected chi connectivity index (χ4v) is 2.26. The Balaban J connectivity index is 2.32. The van der Waals surface area contributed by atoms with E-state index in [0.717, 1.165) is 5.56 Å². The molecule has 6 heteroatoms. The first-order valence-electron chi connectivity index (χ1n) is 6.70. The van der Waals surface area contributed by atoms with Gasteiger partial charge in [-0.1, -0.05) is 36.4 Å². The van der Waals surface area contributed by atoms with Crippen LogP contribution in [0.4, 0.5) is 5.69 Å². The molecule has 0 bridgehead atoms. The minimum Gasteiger partial charge on any atom is -0.481 e. The first-order chi connectivity index (χ1) is 10.5. The van der Waals surface area contributed by atoms with Crippen molar-refractivity contribution < 1.29 is 19.9 Å². The molecule has 0 heterocycles. The van der Waals surface area contributed by atoms with E-state index in [-0.39, 0.29) is 12.1 Å². The fraction of sp³-hybridized carbons (Fsp3) is 0.188. The molecule has 0 saturated heterocycles. The Morgan fingerprint density at radius 3 is 2.45 bits per heavy atom. The van der Waals surface area contributed by atoms with Crippen molar-refractivity contribution in [2.75, 3.05) is 0 Å². The lowest BCUT2D eigenvalue weighted by atomic mass is 9.98. The van der Waals surface area contributed by atoms with Gasteiger partial charge in [0.2, 0.25) is 0 Å². The number of aliphatic carboxylic acids is 1. The van der Waals surface area contributed by atoms with Gasteiger partial charge in [0.25, 0.3) is 5.69 Å². The molecule has 2 aromatic rings. The molecular formula is C16H15NO5. The average molecular weight is 301 g/mol. The third kappa shape index (κ3) is 3.89. The summed E-state index contributed by atoms with van der Waals surface area (Å²) in [7, 11) is 0. The lowest BCUT2D eigenvalue weighted by Crippen LogP contribution is -2.15. The van der Waals surface area contributed by atoms with Gasteiger partial charge >= 0.3 is 5.97 Å². The van der Waals surface area contributed by atoms with Crippen LogP contribution < -0.4 is 0 Å². The lowest BCUT2D eigenvalue weighted by molar-refractivity contribution is -0.384. The van der Waals surface area contributed by atoms with Crippen LogP contribution in [0.25, 0.3) is 11.1 Å². The van der Waals surface area contributed by atoms with Crippen LogP contribution in [0, 0.1) is 10.1 Å². The quantitative estimate of drug-likeness (QED) is 0.631. The van der Waals surface area contributed by atoms with Crippen molar-refractivity contribution in [2.45, 2.75) is 18.9 Å². The summed E-state index contributed by atoms with van der Waals surface area (Å²) in [6.07, 6.45) is -1.41. The summed E-state index contributed by atoms with van der Waals surface area (Å²) in [5, 5.41) is 29.5. The number of nitro groups is 1. The summed E-state index contributed by atoms with van der Waals surface area (Å²) in [5.74, 6) is -1.11. The Morgan fingerprint density at radius 2 is 1.86 bits per heavy atom. The van der Waals surface area contributed by atoms with Crippen molar-refractivity contribution in [3.63, 3.8) is 0 Å². The number of aliphatic hydroxyl groups is 1. The van der Waals surface area contributed by atoms with E-state index in [1.165, 1.54) is 6.07 Å². The minimum absolute atomic E-state index is 0.0577. The maximum absolute atomic E-state index is 11.3. The predicted octanol–water partition coefficient (Wildman–Crippen LogP) is 2.64. The number of nitrogens with zero attached hydrogens (tertiary/aromatic N) is 1. The number of hydrogen-bond donors (Lipinski definition) is 2. The number of nitro benzene ring substituents is 1. The number of carboxylic acids is 1. The maximum Gasteiger partial charge on any atom is 0.305 e. The summed E-state index contributed by atoms with van der Waals surface area (Å²) < 4.78 is 0. The predicted molar refractivity (Wildman–Crippen MR) is 80.5 cm³/mol. The molecule has 0 aliphatic carbocycles. The van der Waals surface area contributed by atoms with Crippen molar-refractivity contribution in [1.82, 2.24) is 0 Å². The molecule has 0 spiro atoms. The van der Waals surface area contributed by atoms with E-state index < -0.39 is 23.4 Å². The molecule has 0 aromatic heterocycles. The minimum atomic E-state index is -1.11. The third-order valence-electron chi connectivity index (χ3n) is 3.23. The van der Waals surface area contributed by atoms with Crippen molar-refractivity contribution in [2.24, 2.45) is 0 Å². The lowest BCUT2D eigenvalue weighted by Gasteiger charge is -2.09. The number of carbonyl (C=O) groups is 1. The number of rotatable bonds is 6. The second kappa shape index (κ2) is 6.82. The largest absolute Gasteiger partial charge is 0.481 e. The van der Waals surface area contributed by atoms with Gasteiger partial charge in [-0.15, -0.1) is 0 Å². The van der Waals surface area contributed by atoms with E-state index in [1.54, 1.807) is 36.4 Å². The summed E-state index contributed by atoms with van der Waals surface area (Å²) in [5.41, 5.74) is 1.68. The number of aliphatic hydroxyl groups excluding tert-OH is 1. The second-order valence-electron chi connectivity index (χ2n) is 4.93. The summed E-state index contributed by atoms with van der Waals surface area (Å²) >= 11 is 0.